The normalized spacial score (nSPS) is 18.5. The van der Waals surface area contributed by atoms with Crippen molar-refractivity contribution in [3.63, 3.8) is 0 Å². The van der Waals surface area contributed by atoms with Gasteiger partial charge in [-0.1, -0.05) is 26.0 Å². The molecule has 0 aliphatic carbocycles. The summed E-state index contributed by atoms with van der Waals surface area (Å²) in [7, 11) is 0. The van der Waals surface area contributed by atoms with Crippen LogP contribution in [-0.4, -0.2) is 42.6 Å². The molecule has 5 heteroatoms. The largest absolute Gasteiger partial charge is 0.481 e. The zero-order valence-corrected chi connectivity index (χ0v) is 16.6. The van der Waals surface area contributed by atoms with E-state index in [2.05, 4.69) is 19.9 Å². The SMILES string of the molecule is CCOC(=O)C1CCCN(C(=O)C(C)Oc2cc(C(C)C)ccc2C)C1. The summed E-state index contributed by atoms with van der Waals surface area (Å²) in [6, 6.07) is 6.13. The Kier molecular flexibility index (Phi) is 7.06. The van der Waals surface area contributed by atoms with E-state index in [1.807, 2.05) is 19.1 Å². The summed E-state index contributed by atoms with van der Waals surface area (Å²) in [5.74, 6) is 0.630. The van der Waals surface area contributed by atoms with Crippen LogP contribution in [0.4, 0.5) is 0 Å². The molecule has 0 aromatic heterocycles. The lowest BCUT2D eigenvalue weighted by Crippen LogP contribution is -2.47. The van der Waals surface area contributed by atoms with Gasteiger partial charge in [-0.2, -0.15) is 0 Å². The monoisotopic (exact) mass is 361 g/mol. The van der Waals surface area contributed by atoms with Gasteiger partial charge in [-0.3, -0.25) is 9.59 Å². The molecule has 1 aromatic rings. The van der Waals surface area contributed by atoms with Crippen LogP contribution in [0.5, 0.6) is 5.75 Å². The summed E-state index contributed by atoms with van der Waals surface area (Å²) in [5.41, 5.74) is 2.20. The zero-order chi connectivity index (χ0) is 19.3. The van der Waals surface area contributed by atoms with Crippen LogP contribution < -0.4 is 4.74 Å². The Labute approximate surface area is 156 Å². The van der Waals surface area contributed by atoms with Crippen molar-refractivity contribution in [2.45, 2.75) is 59.5 Å². The first kappa shape index (κ1) is 20.3. The number of amides is 1. The predicted octanol–water partition coefficient (Wildman–Crippen LogP) is 3.69. The van der Waals surface area contributed by atoms with Crippen LogP contribution in [-0.2, 0) is 14.3 Å². The fraction of sp³-hybridized carbons (Fsp3) is 0.619. The Balaban J connectivity index is 2.03. The highest BCUT2D eigenvalue weighted by Gasteiger charge is 2.32. The number of carbonyl (C=O) groups is 2. The highest BCUT2D eigenvalue weighted by atomic mass is 16.5. The van der Waals surface area contributed by atoms with Crippen molar-refractivity contribution in [2.75, 3.05) is 19.7 Å². The van der Waals surface area contributed by atoms with E-state index in [-0.39, 0.29) is 17.8 Å². The number of esters is 1. The van der Waals surface area contributed by atoms with E-state index in [0.29, 0.717) is 25.6 Å². The summed E-state index contributed by atoms with van der Waals surface area (Å²) in [6.45, 7) is 11.3. The van der Waals surface area contributed by atoms with Gasteiger partial charge in [0.2, 0.25) is 0 Å². The third-order valence-electron chi connectivity index (χ3n) is 4.88. The van der Waals surface area contributed by atoms with Gasteiger partial charge in [0.1, 0.15) is 5.75 Å². The summed E-state index contributed by atoms with van der Waals surface area (Å²) in [4.78, 5) is 26.5. The van der Waals surface area contributed by atoms with Crippen LogP contribution in [0.25, 0.3) is 0 Å². The average Bonchev–Trinajstić information content (AvgIpc) is 2.63. The first-order valence-electron chi connectivity index (χ1n) is 9.56. The van der Waals surface area contributed by atoms with Gasteiger partial charge >= 0.3 is 5.97 Å². The second-order valence-corrected chi connectivity index (χ2v) is 7.32. The summed E-state index contributed by atoms with van der Waals surface area (Å²) >= 11 is 0. The van der Waals surface area contributed by atoms with Crippen LogP contribution in [0.1, 0.15) is 57.6 Å². The quantitative estimate of drug-likeness (QED) is 0.725. The van der Waals surface area contributed by atoms with Gasteiger partial charge in [-0.15, -0.1) is 0 Å². The number of hydrogen-bond donors (Lipinski definition) is 0. The molecule has 1 heterocycles. The zero-order valence-electron chi connectivity index (χ0n) is 16.6. The van der Waals surface area contributed by atoms with Gasteiger partial charge in [0.05, 0.1) is 12.5 Å². The van der Waals surface area contributed by atoms with Crippen molar-refractivity contribution in [1.82, 2.24) is 4.90 Å². The number of likely N-dealkylation sites (tertiary alicyclic amines) is 1. The van der Waals surface area contributed by atoms with Gasteiger partial charge in [-0.05, 0) is 56.7 Å². The maximum atomic E-state index is 12.8. The molecule has 1 saturated heterocycles. The van der Waals surface area contributed by atoms with Crippen molar-refractivity contribution in [1.29, 1.82) is 0 Å². The smallest absolute Gasteiger partial charge is 0.310 e. The van der Waals surface area contributed by atoms with E-state index in [1.54, 1.807) is 18.7 Å². The standard InChI is InChI=1S/C21H31NO4/c1-6-25-21(24)18-8-7-11-22(13-18)20(23)16(5)26-19-12-17(14(2)3)10-9-15(19)4/h9-10,12,14,16,18H,6-8,11,13H2,1-5H3. The van der Waals surface area contributed by atoms with E-state index in [9.17, 15) is 9.59 Å². The Morgan fingerprint density at radius 1 is 1.27 bits per heavy atom. The van der Waals surface area contributed by atoms with E-state index < -0.39 is 6.10 Å². The van der Waals surface area contributed by atoms with E-state index in [1.165, 1.54) is 5.56 Å². The molecule has 0 saturated carbocycles. The molecule has 0 spiro atoms. The third kappa shape index (κ3) is 4.99. The molecule has 1 aliphatic heterocycles. The maximum Gasteiger partial charge on any atom is 0.310 e. The highest BCUT2D eigenvalue weighted by Crippen LogP contribution is 2.26. The van der Waals surface area contributed by atoms with Crippen molar-refractivity contribution < 1.29 is 19.1 Å². The molecule has 1 aliphatic rings. The number of ether oxygens (including phenoxy) is 2. The molecule has 2 rings (SSSR count). The lowest BCUT2D eigenvalue weighted by molar-refractivity contribution is -0.152. The molecule has 1 amide bonds. The molecule has 144 valence electrons. The van der Waals surface area contributed by atoms with Gasteiger partial charge < -0.3 is 14.4 Å². The summed E-state index contributed by atoms with van der Waals surface area (Å²) < 4.78 is 11.1. The fourth-order valence-corrected chi connectivity index (χ4v) is 3.23. The number of carbonyl (C=O) groups excluding carboxylic acids is 2. The van der Waals surface area contributed by atoms with E-state index in [0.717, 1.165) is 24.2 Å². The first-order chi connectivity index (χ1) is 12.3. The molecular formula is C21H31NO4. The van der Waals surface area contributed by atoms with Crippen LogP contribution in [0, 0.1) is 12.8 Å². The van der Waals surface area contributed by atoms with Gasteiger partial charge in [0.15, 0.2) is 6.10 Å². The summed E-state index contributed by atoms with van der Waals surface area (Å²) in [5, 5.41) is 0. The van der Waals surface area contributed by atoms with Gasteiger partial charge in [-0.25, -0.2) is 0 Å². The number of nitrogens with zero attached hydrogens (tertiary/aromatic N) is 1. The minimum Gasteiger partial charge on any atom is -0.481 e. The lowest BCUT2D eigenvalue weighted by Gasteiger charge is -2.33. The molecule has 0 N–H and O–H groups in total. The summed E-state index contributed by atoms with van der Waals surface area (Å²) in [6.07, 6.45) is 0.994. The number of rotatable bonds is 6. The number of benzene rings is 1. The second-order valence-electron chi connectivity index (χ2n) is 7.32. The highest BCUT2D eigenvalue weighted by molar-refractivity contribution is 5.82. The Hall–Kier alpha value is -2.04. The van der Waals surface area contributed by atoms with Crippen molar-refractivity contribution in [3.05, 3.63) is 29.3 Å². The Bertz CT molecular complexity index is 641. The number of piperidine rings is 1. The molecule has 26 heavy (non-hydrogen) atoms. The van der Waals surface area contributed by atoms with E-state index >= 15 is 0 Å². The molecule has 0 bridgehead atoms. The predicted molar refractivity (Wildman–Crippen MR) is 101 cm³/mol. The third-order valence-corrected chi connectivity index (χ3v) is 4.88. The van der Waals surface area contributed by atoms with Gasteiger partial charge in [0.25, 0.3) is 5.91 Å². The molecule has 2 unspecified atom stereocenters. The number of aryl methyl sites for hydroxylation is 1. The average molecular weight is 361 g/mol. The number of hydrogen-bond acceptors (Lipinski definition) is 4. The molecule has 1 fully saturated rings. The van der Waals surface area contributed by atoms with Crippen LogP contribution in [0.15, 0.2) is 18.2 Å². The van der Waals surface area contributed by atoms with Crippen LogP contribution >= 0.6 is 0 Å². The van der Waals surface area contributed by atoms with Gasteiger partial charge in [0, 0.05) is 13.1 Å². The van der Waals surface area contributed by atoms with Crippen LogP contribution in [0.3, 0.4) is 0 Å². The van der Waals surface area contributed by atoms with Crippen molar-refractivity contribution in [2.24, 2.45) is 5.92 Å². The second kappa shape index (κ2) is 9.06. The Morgan fingerprint density at radius 2 is 2.00 bits per heavy atom. The lowest BCUT2D eigenvalue weighted by atomic mass is 9.98. The molecule has 5 nitrogen and oxygen atoms in total. The Morgan fingerprint density at radius 3 is 2.65 bits per heavy atom. The first-order valence-corrected chi connectivity index (χ1v) is 9.56. The minimum atomic E-state index is -0.586. The van der Waals surface area contributed by atoms with E-state index in [4.69, 9.17) is 9.47 Å². The molecule has 2 atom stereocenters. The fourth-order valence-electron chi connectivity index (χ4n) is 3.23. The van der Waals surface area contributed by atoms with Crippen molar-refractivity contribution >= 4 is 11.9 Å². The molecular weight excluding hydrogens is 330 g/mol. The maximum absolute atomic E-state index is 12.8. The molecule has 0 radical (unpaired) electrons. The van der Waals surface area contributed by atoms with Crippen molar-refractivity contribution in [3.8, 4) is 5.75 Å². The minimum absolute atomic E-state index is 0.0756. The molecule has 1 aromatic carbocycles. The van der Waals surface area contributed by atoms with Crippen LogP contribution in [0.2, 0.25) is 0 Å². The topological polar surface area (TPSA) is 55.8 Å².